The van der Waals surface area contributed by atoms with E-state index in [-0.39, 0.29) is 11.9 Å². The summed E-state index contributed by atoms with van der Waals surface area (Å²) in [4.78, 5) is 21.6. The Bertz CT molecular complexity index is 1270. The van der Waals surface area contributed by atoms with Crippen molar-refractivity contribution in [3.63, 3.8) is 0 Å². The number of hydrogen-bond acceptors (Lipinski definition) is 6. The number of rotatable bonds is 4. The number of halogens is 1. The Morgan fingerprint density at radius 2 is 1.91 bits per heavy atom. The molecule has 0 spiro atoms. The van der Waals surface area contributed by atoms with Crippen LogP contribution >= 0.6 is 23.4 Å². The van der Waals surface area contributed by atoms with Crippen molar-refractivity contribution in [3.05, 3.63) is 99.7 Å². The number of nitrogens with zero attached hydrogens (tertiary/aromatic N) is 4. The maximum atomic E-state index is 12.7. The molecule has 3 heterocycles. The monoisotopic (exact) mass is 474 g/mol. The molecule has 1 amide bonds. The van der Waals surface area contributed by atoms with Crippen molar-refractivity contribution in [2.24, 2.45) is 10.1 Å². The van der Waals surface area contributed by atoms with Gasteiger partial charge in [0.1, 0.15) is 5.75 Å². The number of thioether (sulfide) groups is 1. The quantitative estimate of drug-likeness (QED) is 0.463. The average Bonchev–Trinajstić information content (AvgIpc) is 3.44. The lowest BCUT2D eigenvalue weighted by atomic mass is 9.98. The second kappa shape index (κ2) is 9.21. The van der Waals surface area contributed by atoms with Crippen LogP contribution in [-0.2, 0) is 4.79 Å². The van der Waals surface area contributed by atoms with Crippen molar-refractivity contribution >= 4 is 46.2 Å². The molecule has 0 radical (unpaired) electrons. The number of hydrazone groups is 1. The van der Waals surface area contributed by atoms with Gasteiger partial charge in [-0.05, 0) is 77.0 Å². The lowest BCUT2D eigenvalue weighted by Gasteiger charge is -2.22. The molecule has 0 saturated heterocycles. The minimum atomic E-state index is -0.276. The molecule has 8 heteroatoms. The van der Waals surface area contributed by atoms with Crippen LogP contribution in [0, 0.1) is 0 Å². The minimum Gasteiger partial charge on any atom is -0.497 e. The van der Waals surface area contributed by atoms with Crippen LogP contribution in [0.4, 0.5) is 0 Å². The second-order valence-electron chi connectivity index (χ2n) is 7.49. The van der Waals surface area contributed by atoms with Gasteiger partial charge in [-0.25, -0.2) is 5.01 Å². The number of benzene rings is 2. The second-order valence-corrected chi connectivity index (χ2v) is 8.93. The summed E-state index contributed by atoms with van der Waals surface area (Å²) in [6, 6.07) is 19.1. The highest BCUT2D eigenvalue weighted by molar-refractivity contribution is 8.18. The number of pyridine rings is 1. The zero-order valence-electron chi connectivity index (χ0n) is 17.7. The van der Waals surface area contributed by atoms with Crippen LogP contribution in [0.15, 0.2) is 88.1 Å². The topological polar surface area (TPSA) is 67.2 Å². The number of amides is 1. The number of carbonyl (C=O) groups is 1. The Labute approximate surface area is 200 Å². The summed E-state index contributed by atoms with van der Waals surface area (Å²) in [5.41, 5.74) is 3.81. The van der Waals surface area contributed by atoms with Gasteiger partial charge in [-0.2, -0.15) is 10.1 Å². The molecule has 2 aliphatic heterocycles. The molecule has 2 aliphatic rings. The molecular weight excluding hydrogens is 456 g/mol. The number of ether oxygens (including phenoxy) is 1. The fourth-order valence-corrected chi connectivity index (χ4v) is 4.74. The van der Waals surface area contributed by atoms with Crippen LogP contribution in [0.1, 0.15) is 29.2 Å². The summed E-state index contributed by atoms with van der Waals surface area (Å²) >= 11 is 7.43. The predicted octanol–water partition coefficient (Wildman–Crippen LogP) is 5.57. The van der Waals surface area contributed by atoms with Gasteiger partial charge in [-0.15, -0.1) is 0 Å². The lowest BCUT2D eigenvalue weighted by Crippen LogP contribution is -2.23. The molecule has 0 N–H and O–H groups in total. The number of aromatic nitrogens is 1. The van der Waals surface area contributed by atoms with Crippen LogP contribution in [-0.4, -0.2) is 33.9 Å². The fourth-order valence-electron chi connectivity index (χ4n) is 3.70. The molecule has 1 unspecified atom stereocenters. The molecule has 0 fully saturated rings. The van der Waals surface area contributed by atoms with E-state index in [1.165, 1.54) is 11.8 Å². The molecule has 2 aromatic carbocycles. The van der Waals surface area contributed by atoms with Crippen molar-refractivity contribution in [1.29, 1.82) is 0 Å². The molecule has 164 valence electrons. The molecule has 5 rings (SSSR count). The van der Waals surface area contributed by atoms with E-state index in [0.29, 0.717) is 21.5 Å². The SMILES string of the molecule is COc1ccc(C2=NN(C3=NC(=O)/C(=C/c4cccnc4)S3)C(c3ccc(Cl)cc3)C2)cc1. The predicted molar refractivity (Wildman–Crippen MR) is 132 cm³/mol. The number of aliphatic imine (C=N–C) groups is 1. The Morgan fingerprint density at radius 1 is 1.12 bits per heavy atom. The van der Waals surface area contributed by atoms with E-state index in [4.69, 9.17) is 21.4 Å². The van der Waals surface area contributed by atoms with Gasteiger partial charge in [-0.1, -0.05) is 29.8 Å². The van der Waals surface area contributed by atoms with Crippen molar-refractivity contribution < 1.29 is 9.53 Å². The maximum Gasteiger partial charge on any atom is 0.286 e. The maximum absolute atomic E-state index is 12.7. The van der Waals surface area contributed by atoms with Gasteiger partial charge in [0.2, 0.25) is 0 Å². The molecule has 0 aliphatic carbocycles. The standard InChI is InChI=1S/C25H19ClN4O2S/c1-32-20-10-6-17(7-11-20)21-14-22(18-4-8-19(26)9-5-18)30(29-21)25-28-24(31)23(33-25)13-16-3-2-12-27-15-16/h2-13,15,22H,14H2,1H3/b23-13-. The van der Waals surface area contributed by atoms with E-state index in [0.717, 1.165) is 28.2 Å². The molecule has 1 atom stereocenters. The molecule has 33 heavy (non-hydrogen) atoms. The smallest absolute Gasteiger partial charge is 0.286 e. The van der Waals surface area contributed by atoms with Crippen molar-refractivity contribution in [2.45, 2.75) is 12.5 Å². The lowest BCUT2D eigenvalue weighted by molar-refractivity contribution is -0.113. The van der Waals surface area contributed by atoms with Crippen molar-refractivity contribution in [1.82, 2.24) is 9.99 Å². The van der Waals surface area contributed by atoms with Crippen LogP contribution in [0.5, 0.6) is 5.75 Å². The van der Waals surface area contributed by atoms with E-state index < -0.39 is 0 Å². The zero-order chi connectivity index (χ0) is 22.8. The van der Waals surface area contributed by atoms with Gasteiger partial charge >= 0.3 is 0 Å². The van der Waals surface area contributed by atoms with Gasteiger partial charge < -0.3 is 4.74 Å². The first kappa shape index (κ1) is 21.4. The molecule has 6 nitrogen and oxygen atoms in total. The van der Waals surface area contributed by atoms with E-state index in [9.17, 15) is 4.79 Å². The third-order valence-corrected chi connectivity index (χ3v) is 6.60. The van der Waals surface area contributed by atoms with Gasteiger partial charge in [0.25, 0.3) is 5.91 Å². The molecule has 0 bridgehead atoms. The Morgan fingerprint density at radius 3 is 2.61 bits per heavy atom. The zero-order valence-corrected chi connectivity index (χ0v) is 19.3. The largest absolute Gasteiger partial charge is 0.497 e. The van der Waals surface area contributed by atoms with Gasteiger partial charge in [0.05, 0.1) is 23.8 Å². The highest BCUT2D eigenvalue weighted by Gasteiger charge is 2.36. The minimum absolute atomic E-state index is 0.101. The highest BCUT2D eigenvalue weighted by Crippen LogP contribution is 2.39. The first-order valence-corrected chi connectivity index (χ1v) is 11.5. The third kappa shape index (κ3) is 4.55. The van der Waals surface area contributed by atoms with Crippen LogP contribution in [0.3, 0.4) is 0 Å². The fraction of sp³-hybridized carbons (Fsp3) is 0.120. The van der Waals surface area contributed by atoms with E-state index in [1.54, 1.807) is 25.6 Å². The van der Waals surface area contributed by atoms with Gasteiger partial charge in [-0.3, -0.25) is 9.78 Å². The van der Waals surface area contributed by atoms with E-state index >= 15 is 0 Å². The normalized spacial score (nSPS) is 19.1. The van der Waals surface area contributed by atoms with Crippen LogP contribution in [0.2, 0.25) is 5.02 Å². The third-order valence-electron chi connectivity index (χ3n) is 5.38. The van der Waals surface area contributed by atoms with Gasteiger partial charge in [0, 0.05) is 23.8 Å². The first-order valence-electron chi connectivity index (χ1n) is 10.3. The Balaban J connectivity index is 1.48. The number of methoxy groups -OCH3 is 1. The summed E-state index contributed by atoms with van der Waals surface area (Å²) < 4.78 is 5.27. The number of carbonyl (C=O) groups excluding carboxylic acids is 1. The summed E-state index contributed by atoms with van der Waals surface area (Å²) in [5, 5.41) is 7.95. The van der Waals surface area contributed by atoms with E-state index in [2.05, 4.69) is 9.98 Å². The van der Waals surface area contributed by atoms with Crippen molar-refractivity contribution in [3.8, 4) is 5.75 Å². The summed E-state index contributed by atoms with van der Waals surface area (Å²) in [6.07, 6.45) is 5.89. The first-order chi connectivity index (χ1) is 16.1. The summed E-state index contributed by atoms with van der Waals surface area (Å²) in [7, 11) is 1.64. The Hall–Kier alpha value is -3.42. The molecule has 1 aromatic heterocycles. The number of amidine groups is 1. The van der Waals surface area contributed by atoms with Gasteiger partial charge in [0.15, 0.2) is 5.17 Å². The van der Waals surface area contributed by atoms with Crippen LogP contribution in [0.25, 0.3) is 6.08 Å². The molecule has 0 saturated carbocycles. The highest BCUT2D eigenvalue weighted by atomic mass is 35.5. The Kier molecular flexibility index (Phi) is 5.98. The number of hydrogen-bond donors (Lipinski definition) is 0. The molecule has 3 aromatic rings. The van der Waals surface area contributed by atoms with Crippen LogP contribution < -0.4 is 4.74 Å². The molecular formula is C25H19ClN4O2S. The van der Waals surface area contributed by atoms with E-state index in [1.807, 2.05) is 65.7 Å². The average molecular weight is 475 g/mol. The van der Waals surface area contributed by atoms with Crippen molar-refractivity contribution in [2.75, 3.05) is 7.11 Å². The summed E-state index contributed by atoms with van der Waals surface area (Å²) in [5.74, 6) is 0.511. The summed E-state index contributed by atoms with van der Waals surface area (Å²) in [6.45, 7) is 0.